The summed E-state index contributed by atoms with van der Waals surface area (Å²) in [4.78, 5) is 0. The minimum absolute atomic E-state index is 0.124. The second-order valence-corrected chi connectivity index (χ2v) is 7.82. The van der Waals surface area contributed by atoms with Gasteiger partial charge in [0.2, 0.25) is 0 Å². The van der Waals surface area contributed by atoms with Crippen molar-refractivity contribution in [3.05, 3.63) is 34.4 Å². The van der Waals surface area contributed by atoms with E-state index >= 15 is 0 Å². The van der Waals surface area contributed by atoms with Gasteiger partial charge in [0, 0.05) is 5.56 Å². The maximum absolute atomic E-state index is 10.6. The van der Waals surface area contributed by atoms with Crippen LogP contribution in [0.1, 0.15) is 82.9 Å². The summed E-state index contributed by atoms with van der Waals surface area (Å²) in [7, 11) is 0. The van der Waals surface area contributed by atoms with Gasteiger partial charge in [0.25, 0.3) is 0 Å². The molecule has 0 saturated heterocycles. The van der Waals surface area contributed by atoms with Crippen molar-refractivity contribution in [3.63, 3.8) is 0 Å². The molecule has 2 rings (SSSR count). The Kier molecular flexibility index (Phi) is 6.37. The average Bonchev–Trinajstić information content (AvgIpc) is 2.51. The number of fused-ring (bicyclic) bond motifs is 1. The minimum Gasteiger partial charge on any atom is -0.507 e. The molecule has 1 aliphatic heterocycles. The quantitative estimate of drug-likeness (QED) is 0.472. The fourth-order valence-electron chi connectivity index (χ4n) is 3.55. The fourth-order valence-corrected chi connectivity index (χ4v) is 3.55. The third kappa shape index (κ3) is 4.55. The van der Waals surface area contributed by atoms with Gasteiger partial charge in [-0.05, 0) is 83.4 Å². The van der Waals surface area contributed by atoms with Crippen molar-refractivity contribution in [3.8, 4) is 11.5 Å². The van der Waals surface area contributed by atoms with E-state index in [1.54, 1.807) is 0 Å². The number of phenols is 1. The Morgan fingerprint density at radius 2 is 2.08 bits per heavy atom. The van der Waals surface area contributed by atoms with Crippen LogP contribution >= 0.6 is 0 Å². The van der Waals surface area contributed by atoms with E-state index in [1.165, 1.54) is 30.4 Å². The summed E-state index contributed by atoms with van der Waals surface area (Å²) in [5.74, 6) is 1.38. The van der Waals surface area contributed by atoms with E-state index in [9.17, 15) is 5.11 Å². The summed E-state index contributed by atoms with van der Waals surface area (Å²) in [6.07, 6.45) is 10.9. The number of ether oxygens (including phenoxy) is 1. The predicted molar refractivity (Wildman–Crippen MR) is 102 cm³/mol. The molecule has 0 aromatic heterocycles. The Balaban J connectivity index is 2.18. The maximum Gasteiger partial charge on any atom is 0.127 e. The van der Waals surface area contributed by atoms with Crippen molar-refractivity contribution in [2.75, 3.05) is 0 Å². The normalized spacial score (nSPS) is 19.5. The smallest absolute Gasteiger partial charge is 0.127 e. The highest BCUT2D eigenvalue weighted by atomic mass is 16.5. The molecule has 0 spiro atoms. The molecule has 2 nitrogen and oxygen atoms in total. The molecule has 0 saturated carbocycles. The zero-order chi connectivity index (χ0) is 17.7. The SMILES string of the molecule is CCCCCc1cc2c(c(O)c1C)CCC(C)(CCC=C(C)C)O2. The zero-order valence-electron chi connectivity index (χ0n) is 16.2. The molecule has 1 atom stereocenters. The van der Waals surface area contributed by atoms with Crippen LogP contribution in [0.4, 0.5) is 0 Å². The number of aryl methyl sites for hydroxylation is 1. The molecule has 24 heavy (non-hydrogen) atoms. The van der Waals surface area contributed by atoms with Crippen LogP contribution in [0.3, 0.4) is 0 Å². The highest BCUT2D eigenvalue weighted by Gasteiger charge is 2.33. The van der Waals surface area contributed by atoms with Crippen LogP contribution in [0.15, 0.2) is 17.7 Å². The van der Waals surface area contributed by atoms with Gasteiger partial charge in [0.1, 0.15) is 17.1 Å². The lowest BCUT2D eigenvalue weighted by Gasteiger charge is -2.36. The average molecular weight is 331 g/mol. The molecule has 1 aliphatic rings. The summed E-state index contributed by atoms with van der Waals surface area (Å²) >= 11 is 0. The van der Waals surface area contributed by atoms with E-state index < -0.39 is 0 Å². The molecule has 0 fully saturated rings. The molecule has 2 heteroatoms. The predicted octanol–water partition coefficient (Wildman–Crippen LogP) is 6.26. The van der Waals surface area contributed by atoms with Crippen molar-refractivity contribution < 1.29 is 9.84 Å². The molecular formula is C22H34O2. The molecule has 0 bridgehead atoms. The number of allylic oxidation sites excluding steroid dienone is 2. The monoisotopic (exact) mass is 330 g/mol. The number of benzene rings is 1. The van der Waals surface area contributed by atoms with Gasteiger partial charge in [-0.2, -0.15) is 0 Å². The first-order valence-corrected chi connectivity index (χ1v) is 9.53. The Bertz CT molecular complexity index is 596. The summed E-state index contributed by atoms with van der Waals surface area (Å²) in [5.41, 5.74) is 4.53. The van der Waals surface area contributed by atoms with Crippen LogP contribution < -0.4 is 4.74 Å². The lowest BCUT2D eigenvalue weighted by Crippen LogP contribution is -2.36. The standard InChI is InChI=1S/C22H34O2/c1-6-7-8-11-18-15-20-19(21(23)17(18)4)12-14-22(5,24-20)13-9-10-16(2)3/h10,15,23H,6-9,11-14H2,1-5H3. The van der Waals surface area contributed by atoms with Crippen molar-refractivity contribution in [2.24, 2.45) is 0 Å². The maximum atomic E-state index is 10.6. The van der Waals surface area contributed by atoms with E-state index in [4.69, 9.17) is 4.74 Å². The summed E-state index contributed by atoms with van der Waals surface area (Å²) < 4.78 is 6.39. The van der Waals surface area contributed by atoms with E-state index in [0.29, 0.717) is 5.75 Å². The van der Waals surface area contributed by atoms with Crippen molar-refractivity contribution in [1.29, 1.82) is 0 Å². The van der Waals surface area contributed by atoms with E-state index in [2.05, 4.69) is 39.8 Å². The lowest BCUT2D eigenvalue weighted by atomic mass is 9.86. The van der Waals surface area contributed by atoms with Crippen LogP contribution in [-0.4, -0.2) is 10.7 Å². The van der Waals surface area contributed by atoms with Crippen LogP contribution in [0.25, 0.3) is 0 Å². The van der Waals surface area contributed by atoms with Crippen LogP contribution in [-0.2, 0) is 12.8 Å². The molecule has 1 aromatic rings. The molecule has 1 aromatic carbocycles. The van der Waals surface area contributed by atoms with Gasteiger partial charge in [0.05, 0.1) is 0 Å². The number of unbranched alkanes of at least 4 members (excludes halogenated alkanes) is 2. The summed E-state index contributed by atoms with van der Waals surface area (Å²) in [5, 5.41) is 10.6. The molecule has 0 amide bonds. The molecule has 134 valence electrons. The molecule has 0 aliphatic carbocycles. The lowest BCUT2D eigenvalue weighted by molar-refractivity contribution is 0.0562. The van der Waals surface area contributed by atoms with Gasteiger partial charge in [-0.15, -0.1) is 0 Å². The number of aromatic hydroxyl groups is 1. The Morgan fingerprint density at radius 1 is 1.33 bits per heavy atom. The second-order valence-electron chi connectivity index (χ2n) is 7.82. The van der Waals surface area contributed by atoms with Crippen LogP contribution in [0, 0.1) is 6.92 Å². The Hall–Kier alpha value is -1.44. The van der Waals surface area contributed by atoms with Crippen molar-refractivity contribution >= 4 is 0 Å². The molecular weight excluding hydrogens is 296 g/mol. The minimum atomic E-state index is -0.124. The number of hydrogen-bond acceptors (Lipinski definition) is 2. The summed E-state index contributed by atoms with van der Waals surface area (Å²) in [6.45, 7) is 10.8. The third-order valence-electron chi connectivity index (χ3n) is 5.26. The van der Waals surface area contributed by atoms with Gasteiger partial charge in [-0.25, -0.2) is 0 Å². The van der Waals surface area contributed by atoms with Crippen molar-refractivity contribution in [2.45, 2.75) is 91.6 Å². The van der Waals surface area contributed by atoms with Crippen LogP contribution in [0.2, 0.25) is 0 Å². The molecule has 1 unspecified atom stereocenters. The first kappa shape index (κ1) is 18.9. The van der Waals surface area contributed by atoms with Crippen molar-refractivity contribution in [1.82, 2.24) is 0 Å². The third-order valence-corrected chi connectivity index (χ3v) is 5.26. The number of phenolic OH excluding ortho intramolecular Hbond substituents is 1. The molecule has 1 heterocycles. The number of rotatable bonds is 7. The van der Waals surface area contributed by atoms with E-state index in [1.807, 2.05) is 6.92 Å². The highest BCUT2D eigenvalue weighted by Crippen LogP contribution is 2.43. The summed E-state index contributed by atoms with van der Waals surface area (Å²) in [6, 6.07) is 2.19. The Morgan fingerprint density at radius 3 is 2.75 bits per heavy atom. The number of hydrogen-bond donors (Lipinski definition) is 1. The second kappa shape index (κ2) is 8.09. The highest BCUT2D eigenvalue weighted by molar-refractivity contribution is 5.54. The Labute approximate surface area is 147 Å². The molecule has 0 radical (unpaired) electrons. The van der Waals surface area contributed by atoms with Gasteiger partial charge in [-0.3, -0.25) is 0 Å². The zero-order valence-corrected chi connectivity index (χ0v) is 16.2. The molecule has 1 N–H and O–H groups in total. The van der Waals surface area contributed by atoms with Gasteiger partial charge in [0.15, 0.2) is 0 Å². The topological polar surface area (TPSA) is 29.5 Å². The largest absolute Gasteiger partial charge is 0.507 e. The first-order valence-electron chi connectivity index (χ1n) is 9.53. The van der Waals surface area contributed by atoms with Crippen LogP contribution in [0.5, 0.6) is 11.5 Å². The van der Waals surface area contributed by atoms with Gasteiger partial charge >= 0.3 is 0 Å². The van der Waals surface area contributed by atoms with Gasteiger partial charge in [-0.1, -0.05) is 31.4 Å². The fraction of sp³-hybridized carbons (Fsp3) is 0.636. The first-order chi connectivity index (χ1) is 11.4. The van der Waals surface area contributed by atoms with Gasteiger partial charge < -0.3 is 9.84 Å². The van der Waals surface area contributed by atoms with E-state index in [0.717, 1.165) is 49.0 Å². The van der Waals surface area contributed by atoms with E-state index in [-0.39, 0.29) is 5.60 Å².